The van der Waals surface area contributed by atoms with E-state index in [-0.39, 0.29) is 5.91 Å². The van der Waals surface area contributed by atoms with Gasteiger partial charge in [0, 0.05) is 13.7 Å². The molecule has 2 N–H and O–H groups in total. The maximum Gasteiger partial charge on any atom is 0.222 e. The Labute approximate surface area is 91.0 Å². The molecule has 0 aromatic heterocycles. The van der Waals surface area contributed by atoms with Crippen LogP contribution in [-0.4, -0.2) is 35.9 Å². The summed E-state index contributed by atoms with van der Waals surface area (Å²) in [5.74, 6) is -0.0674. The molecule has 1 aliphatic rings. The van der Waals surface area contributed by atoms with Crippen molar-refractivity contribution in [1.29, 1.82) is 0 Å². The molecule has 0 unspecified atom stereocenters. The summed E-state index contributed by atoms with van der Waals surface area (Å²) < 4.78 is 5.16. The van der Waals surface area contributed by atoms with Gasteiger partial charge in [-0.2, -0.15) is 0 Å². The van der Waals surface area contributed by atoms with E-state index in [9.17, 15) is 9.90 Å². The third-order valence-corrected chi connectivity index (χ3v) is 3.04. The Balaban J connectivity index is 2.24. The SMILES string of the molecule is COC(C)(C)CC(=O)NCC1(O)CCC1. The molecule has 0 bridgehead atoms. The molecule has 15 heavy (non-hydrogen) atoms. The number of aliphatic hydroxyl groups is 1. The highest BCUT2D eigenvalue weighted by Crippen LogP contribution is 2.30. The second kappa shape index (κ2) is 4.49. The molecule has 0 atom stereocenters. The van der Waals surface area contributed by atoms with E-state index in [1.807, 2.05) is 13.8 Å². The first-order valence-electron chi connectivity index (χ1n) is 5.41. The summed E-state index contributed by atoms with van der Waals surface area (Å²) in [5.41, 5.74) is -1.08. The molecular formula is C11H21NO3. The largest absolute Gasteiger partial charge is 0.388 e. The van der Waals surface area contributed by atoms with Gasteiger partial charge in [-0.05, 0) is 33.1 Å². The Morgan fingerprint density at radius 3 is 2.53 bits per heavy atom. The molecule has 1 saturated carbocycles. The van der Waals surface area contributed by atoms with E-state index in [0.29, 0.717) is 13.0 Å². The van der Waals surface area contributed by atoms with Crippen LogP contribution in [0.4, 0.5) is 0 Å². The number of methoxy groups -OCH3 is 1. The molecule has 1 amide bonds. The van der Waals surface area contributed by atoms with Gasteiger partial charge in [0.25, 0.3) is 0 Å². The molecule has 0 saturated heterocycles. The summed E-state index contributed by atoms with van der Waals surface area (Å²) in [7, 11) is 1.59. The molecule has 0 radical (unpaired) electrons. The molecule has 88 valence electrons. The van der Waals surface area contributed by atoms with Crippen LogP contribution in [0.25, 0.3) is 0 Å². The number of hydrogen-bond donors (Lipinski definition) is 2. The molecule has 0 aromatic carbocycles. The van der Waals surface area contributed by atoms with E-state index in [4.69, 9.17) is 4.74 Å². The average Bonchev–Trinajstić information content (AvgIpc) is 2.11. The van der Waals surface area contributed by atoms with Gasteiger partial charge in [0.05, 0.1) is 17.6 Å². The summed E-state index contributed by atoms with van der Waals surface area (Å²) in [5, 5.41) is 12.5. The summed E-state index contributed by atoms with van der Waals surface area (Å²) in [6.07, 6.45) is 2.96. The van der Waals surface area contributed by atoms with Gasteiger partial charge < -0.3 is 15.2 Å². The minimum atomic E-state index is -0.646. The summed E-state index contributed by atoms with van der Waals surface area (Å²) >= 11 is 0. The Morgan fingerprint density at radius 2 is 2.13 bits per heavy atom. The van der Waals surface area contributed by atoms with Crippen LogP contribution in [0.2, 0.25) is 0 Å². The summed E-state index contributed by atoms with van der Waals surface area (Å²) in [6, 6.07) is 0. The zero-order valence-corrected chi connectivity index (χ0v) is 9.80. The fourth-order valence-corrected chi connectivity index (χ4v) is 1.55. The minimum Gasteiger partial charge on any atom is -0.388 e. The molecular weight excluding hydrogens is 194 g/mol. The van der Waals surface area contributed by atoms with Crippen molar-refractivity contribution < 1.29 is 14.6 Å². The summed E-state index contributed by atoms with van der Waals surface area (Å²) in [4.78, 5) is 11.5. The number of ether oxygens (including phenoxy) is 1. The van der Waals surface area contributed by atoms with Gasteiger partial charge in [-0.25, -0.2) is 0 Å². The standard InChI is InChI=1S/C11H21NO3/c1-10(2,15-3)7-9(13)12-8-11(14)5-4-6-11/h14H,4-8H2,1-3H3,(H,12,13). The van der Waals surface area contributed by atoms with Crippen LogP contribution in [0.15, 0.2) is 0 Å². The quantitative estimate of drug-likeness (QED) is 0.714. The van der Waals surface area contributed by atoms with Crippen LogP contribution in [-0.2, 0) is 9.53 Å². The van der Waals surface area contributed by atoms with Gasteiger partial charge in [0.1, 0.15) is 0 Å². The molecule has 0 heterocycles. The van der Waals surface area contributed by atoms with Crippen LogP contribution in [0.3, 0.4) is 0 Å². The van der Waals surface area contributed by atoms with E-state index in [0.717, 1.165) is 19.3 Å². The topological polar surface area (TPSA) is 58.6 Å². The van der Waals surface area contributed by atoms with Gasteiger partial charge in [0.15, 0.2) is 0 Å². The minimum absolute atomic E-state index is 0.0674. The van der Waals surface area contributed by atoms with Crippen molar-refractivity contribution in [2.45, 2.75) is 50.7 Å². The van der Waals surface area contributed by atoms with Crippen LogP contribution < -0.4 is 5.32 Å². The van der Waals surface area contributed by atoms with Crippen molar-refractivity contribution in [3.63, 3.8) is 0 Å². The number of carbonyl (C=O) groups excluding carboxylic acids is 1. The fourth-order valence-electron chi connectivity index (χ4n) is 1.55. The molecule has 1 aliphatic carbocycles. The van der Waals surface area contributed by atoms with E-state index >= 15 is 0 Å². The van der Waals surface area contributed by atoms with Gasteiger partial charge in [-0.3, -0.25) is 4.79 Å². The molecule has 0 spiro atoms. The van der Waals surface area contributed by atoms with Crippen molar-refractivity contribution in [1.82, 2.24) is 5.32 Å². The number of nitrogens with one attached hydrogen (secondary N) is 1. The third-order valence-electron chi connectivity index (χ3n) is 3.04. The average molecular weight is 215 g/mol. The lowest BCUT2D eigenvalue weighted by molar-refractivity contribution is -0.128. The second-order valence-corrected chi connectivity index (χ2v) is 5.00. The third kappa shape index (κ3) is 3.80. The van der Waals surface area contributed by atoms with E-state index in [1.165, 1.54) is 0 Å². The number of hydrogen-bond acceptors (Lipinski definition) is 3. The first-order valence-corrected chi connectivity index (χ1v) is 5.41. The predicted molar refractivity (Wildman–Crippen MR) is 57.5 cm³/mol. The lowest BCUT2D eigenvalue weighted by Gasteiger charge is -2.36. The second-order valence-electron chi connectivity index (χ2n) is 5.00. The molecule has 0 aromatic rings. The molecule has 1 rings (SSSR count). The highest BCUT2D eigenvalue weighted by atomic mass is 16.5. The fraction of sp³-hybridized carbons (Fsp3) is 0.909. The van der Waals surface area contributed by atoms with Crippen molar-refractivity contribution >= 4 is 5.91 Å². The first-order chi connectivity index (χ1) is 6.87. The van der Waals surface area contributed by atoms with Crippen LogP contribution in [0, 0.1) is 0 Å². The van der Waals surface area contributed by atoms with Crippen LogP contribution in [0.5, 0.6) is 0 Å². The molecule has 4 nitrogen and oxygen atoms in total. The van der Waals surface area contributed by atoms with Gasteiger partial charge >= 0.3 is 0 Å². The van der Waals surface area contributed by atoms with E-state index < -0.39 is 11.2 Å². The van der Waals surface area contributed by atoms with Gasteiger partial charge in [-0.1, -0.05) is 0 Å². The van der Waals surface area contributed by atoms with Gasteiger partial charge in [0.2, 0.25) is 5.91 Å². The molecule has 4 heteroatoms. The number of rotatable bonds is 5. The zero-order valence-electron chi connectivity index (χ0n) is 9.80. The first kappa shape index (κ1) is 12.5. The lowest BCUT2D eigenvalue weighted by Crippen LogP contribution is -2.48. The maximum atomic E-state index is 11.5. The van der Waals surface area contributed by atoms with Gasteiger partial charge in [-0.15, -0.1) is 0 Å². The maximum absolute atomic E-state index is 11.5. The predicted octanol–water partition coefficient (Wildman–Crippen LogP) is 0.833. The van der Waals surface area contributed by atoms with E-state index in [2.05, 4.69) is 5.32 Å². The number of amides is 1. The Hall–Kier alpha value is -0.610. The van der Waals surface area contributed by atoms with Crippen LogP contribution in [0.1, 0.15) is 39.5 Å². The van der Waals surface area contributed by atoms with Crippen molar-refractivity contribution in [2.24, 2.45) is 0 Å². The Bertz CT molecular complexity index is 234. The Morgan fingerprint density at radius 1 is 1.53 bits per heavy atom. The van der Waals surface area contributed by atoms with Crippen molar-refractivity contribution in [3.8, 4) is 0 Å². The smallest absolute Gasteiger partial charge is 0.222 e. The lowest BCUT2D eigenvalue weighted by atomic mass is 9.80. The molecule has 0 aliphatic heterocycles. The highest BCUT2D eigenvalue weighted by Gasteiger charge is 2.34. The highest BCUT2D eigenvalue weighted by molar-refractivity contribution is 5.77. The normalized spacial score (nSPS) is 19.5. The zero-order chi connectivity index (χ0) is 11.5. The van der Waals surface area contributed by atoms with Crippen LogP contribution >= 0.6 is 0 Å². The molecule has 1 fully saturated rings. The van der Waals surface area contributed by atoms with Crippen molar-refractivity contribution in [2.75, 3.05) is 13.7 Å². The number of carbonyl (C=O) groups is 1. The van der Waals surface area contributed by atoms with E-state index in [1.54, 1.807) is 7.11 Å². The Kier molecular flexibility index (Phi) is 3.73. The van der Waals surface area contributed by atoms with Crippen molar-refractivity contribution in [3.05, 3.63) is 0 Å². The summed E-state index contributed by atoms with van der Waals surface area (Å²) in [6.45, 7) is 4.10. The monoisotopic (exact) mass is 215 g/mol.